The molecule has 3 heterocycles. The van der Waals surface area contributed by atoms with Crippen LogP contribution in [-0.4, -0.2) is 24.1 Å². The normalized spacial score (nSPS) is 11.2. The van der Waals surface area contributed by atoms with Crippen molar-refractivity contribution in [3.63, 3.8) is 0 Å². The molecule has 130 valence electrons. The van der Waals surface area contributed by atoms with Gasteiger partial charge in [0.15, 0.2) is 5.65 Å². The van der Waals surface area contributed by atoms with Gasteiger partial charge in [-0.05, 0) is 42.3 Å². The second kappa shape index (κ2) is 6.18. The van der Waals surface area contributed by atoms with Gasteiger partial charge in [0, 0.05) is 25.0 Å². The van der Waals surface area contributed by atoms with E-state index in [-0.39, 0.29) is 11.5 Å². The van der Waals surface area contributed by atoms with Crippen molar-refractivity contribution in [3.8, 4) is 11.1 Å². The Hall–Kier alpha value is -3.35. The van der Waals surface area contributed by atoms with Crippen LogP contribution in [-0.2, 0) is 13.6 Å². The number of nitrogens with zero attached hydrogens (tertiary/aromatic N) is 5. The van der Waals surface area contributed by atoms with Crippen molar-refractivity contribution in [3.05, 3.63) is 76.6 Å². The number of rotatable bonds is 3. The maximum atomic E-state index is 13.6. The van der Waals surface area contributed by atoms with E-state index in [2.05, 4.69) is 15.0 Å². The molecule has 0 unspecified atom stereocenters. The fraction of sp³-hybridized carbons (Fsp3) is 0.158. The summed E-state index contributed by atoms with van der Waals surface area (Å²) in [6, 6.07) is 8.59. The summed E-state index contributed by atoms with van der Waals surface area (Å²) in [5, 5.41) is 0. The Bertz CT molecular complexity index is 1160. The molecule has 3 aromatic heterocycles. The lowest BCUT2D eigenvalue weighted by molar-refractivity contribution is 0.619. The van der Waals surface area contributed by atoms with Crippen LogP contribution in [0.3, 0.4) is 0 Å². The number of fused-ring (bicyclic) bond motifs is 1. The molecule has 6 nitrogen and oxygen atoms in total. The molecule has 1 aromatic carbocycles. The van der Waals surface area contributed by atoms with Crippen LogP contribution in [0.15, 0.2) is 53.8 Å². The molecule has 0 spiro atoms. The summed E-state index contributed by atoms with van der Waals surface area (Å²) in [5.41, 5.74) is 4.10. The van der Waals surface area contributed by atoms with E-state index < -0.39 is 0 Å². The van der Waals surface area contributed by atoms with Gasteiger partial charge in [0.2, 0.25) is 0 Å². The molecule has 26 heavy (non-hydrogen) atoms. The van der Waals surface area contributed by atoms with Gasteiger partial charge in [-0.2, -0.15) is 0 Å². The minimum atomic E-state index is -0.247. The molecule has 7 heteroatoms. The van der Waals surface area contributed by atoms with Crippen LogP contribution in [0.5, 0.6) is 0 Å². The van der Waals surface area contributed by atoms with Crippen molar-refractivity contribution in [1.82, 2.24) is 24.1 Å². The van der Waals surface area contributed by atoms with E-state index in [1.807, 2.05) is 6.07 Å². The maximum Gasteiger partial charge on any atom is 0.330 e. The Morgan fingerprint density at radius 3 is 2.69 bits per heavy atom. The van der Waals surface area contributed by atoms with Gasteiger partial charge in [-0.3, -0.25) is 9.13 Å². The first-order valence-corrected chi connectivity index (χ1v) is 8.11. The maximum absolute atomic E-state index is 13.6. The Balaban J connectivity index is 1.88. The Morgan fingerprint density at radius 2 is 1.96 bits per heavy atom. The first kappa shape index (κ1) is 16.1. The summed E-state index contributed by atoms with van der Waals surface area (Å²) in [4.78, 5) is 25.2. The fourth-order valence-corrected chi connectivity index (χ4v) is 2.99. The van der Waals surface area contributed by atoms with Crippen molar-refractivity contribution in [2.45, 2.75) is 13.5 Å². The molecule has 0 amide bonds. The highest BCUT2D eigenvalue weighted by Gasteiger charge is 2.14. The molecule has 0 N–H and O–H groups in total. The lowest BCUT2D eigenvalue weighted by atomic mass is 10.0. The summed E-state index contributed by atoms with van der Waals surface area (Å²) in [6.07, 6.45) is 4.80. The van der Waals surface area contributed by atoms with E-state index in [9.17, 15) is 9.18 Å². The molecule has 0 aliphatic carbocycles. The van der Waals surface area contributed by atoms with Gasteiger partial charge < -0.3 is 0 Å². The lowest BCUT2D eigenvalue weighted by Crippen LogP contribution is -2.23. The molecule has 0 aliphatic heterocycles. The zero-order valence-corrected chi connectivity index (χ0v) is 14.3. The molecule has 4 rings (SSSR count). The van der Waals surface area contributed by atoms with Gasteiger partial charge in [0.05, 0.1) is 17.8 Å². The minimum absolute atomic E-state index is 0.168. The van der Waals surface area contributed by atoms with E-state index in [0.29, 0.717) is 23.3 Å². The summed E-state index contributed by atoms with van der Waals surface area (Å²) in [7, 11) is 1.69. The number of pyridine rings is 1. The van der Waals surface area contributed by atoms with Gasteiger partial charge in [0.1, 0.15) is 12.1 Å². The van der Waals surface area contributed by atoms with Crippen molar-refractivity contribution in [1.29, 1.82) is 0 Å². The first-order chi connectivity index (χ1) is 12.5. The van der Waals surface area contributed by atoms with E-state index in [1.165, 1.54) is 17.0 Å². The van der Waals surface area contributed by atoms with Crippen molar-refractivity contribution < 1.29 is 4.39 Å². The summed E-state index contributed by atoms with van der Waals surface area (Å²) in [6.45, 7) is 2.05. The highest BCUT2D eigenvalue weighted by atomic mass is 19.1. The van der Waals surface area contributed by atoms with E-state index >= 15 is 0 Å². The SMILES string of the molecule is Cc1cc(-c2cnc3c(c2)n(Cc2ccncn2)c(=O)n3C)ccc1F. The topological polar surface area (TPSA) is 65.6 Å². The highest BCUT2D eigenvalue weighted by molar-refractivity contribution is 5.79. The predicted molar refractivity (Wildman–Crippen MR) is 96.2 cm³/mol. The molecule has 0 fully saturated rings. The van der Waals surface area contributed by atoms with Crippen LogP contribution in [0.1, 0.15) is 11.3 Å². The minimum Gasteiger partial charge on any atom is -0.284 e. The van der Waals surface area contributed by atoms with Gasteiger partial charge in [0.25, 0.3) is 0 Å². The number of aryl methyl sites for hydroxylation is 2. The second-order valence-electron chi connectivity index (χ2n) is 6.16. The molecule has 0 aliphatic rings. The van der Waals surface area contributed by atoms with Crippen LogP contribution in [0.25, 0.3) is 22.3 Å². The van der Waals surface area contributed by atoms with Crippen LogP contribution in [0.4, 0.5) is 4.39 Å². The predicted octanol–water partition coefficient (Wildman–Crippen LogP) is 2.69. The first-order valence-electron chi connectivity index (χ1n) is 8.11. The molecule has 0 bridgehead atoms. The molecule has 0 radical (unpaired) electrons. The summed E-state index contributed by atoms with van der Waals surface area (Å²) >= 11 is 0. The van der Waals surface area contributed by atoms with Gasteiger partial charge >= 0.3 is 5.69 Å². The highest BCUT2D eigenvalue weighted by Crippen LogP contribution is 2.24. The van der Waals surface area contributed by atoms with E-state index in [1.54, 1.807) is 49.1 Å². The largest absolute Gasteiger partial charge is 0.330 e. The second-order valence-corrected chi connectivity index (χ2v) is 6.16. The monoisotopic (exact) mass is 349 g/mol. The Kier molecular flexibility index (Phi) is 3.84. The zero-order valence-electron chi connectivity index (χ0n) is 14.3. The van der Waals surface area contributed by atoms with E-state index in [0.717, 1.165) is 16.8 Å². The smallest absolute Gasteiger partial charge is 0.284 e. The van der Waals surface area contributed by atoms with Gasteiger partial charge in [-0.25, -0.2) is 24.1 Å². The zero-order chi connectivity index (χ0) is 18.3. The van der Waals surface area contributed by atoms with Crippen molar-refractivity contribution in [2.24, 2.45) is 7.05 Å². The summed E-state index contributed by atoms with van der Waals surface area (Å²) in [5.74, 6) is -0.247. The van der Waals surface area contributed by atoms with E-state index in [4.69, 9.17) is 0 Å². The van der Waals surface area contributed by atoms with Crippen LogP contribution in [0.2, 0.25) is 0 Å². The number of hydrogen-bond donors (Lipinski definition) is 0. The van der Waals surface area contributed by atoms with Gasteiger partial charge in [-0.1, -0.05) is 6.07 Å². The Morgan fingerprint density at radius 1 is 1.12 bits per heavy atom. The average Bonchev–Trinajstić information content (AvgIpc) is 2.89. The molecular weight excluding hydrogens is 333 g/mol. The standard InChI is InChI=1S/C19H16FN5O/c1-12-7-13(3-4-16(12)20)14-8-17-18(22-9-14)24(2)19(26)25(17)10-15-5-6-21-11-23-15/h3-9,11H,10H2,1-2H3. The quantitative estimate of drug-likeness (QED) is 0.570. The van der Waals surface area contributed by atoms with Crippen LogP contribution < -0.4 is 5.69 Å². The molecule has 0 atom stereocenters. The number of aromatic nitrogens is 5. The number of benzene rings is 1. The number of halogens is 1. The number of hydrogen-bond acceptors (Lipinski definition) is 4. The third kappa shape index (κ3) is 2.67. The molecule has 0 saturated carbocycles. The Labute approximate surface area is 148 Å². The summed E-state index contributed by atoms with van der Waals surface area (Å²) < 4.78 is 16.7. The van der Waals surface area contributed by atoms with Gasteiger partial charge in [-0.15, -0.1) is 0 Å². The fourth-order valence-electron chi connectivity index (χ4n) is 2.99. The number of imidazole rings is 1. The van der Waals surface area contributed by atoms with Crippen LogP contribution >= 0.6 is 0 Å². The molecule has 0 saturated heterocycles. The van der Waals surface area contributed by atoms with Crippen molar-refractivity contribution >= 4 is 11.2 Å². The third-order valence-corrected chi connectivity index (χ3v) is 4.43. The molecular formula is C19H16FN5O. The lowest BCUT2D eigenvalue weighted by Gasteiger charge is -2.06. The molecule has 4 aromatic rings. The van der Waals surface area contributed by atoms with Crippen LogP contribution in [0, 0.1) is 12.7 Å². The average molecular weight is 349 g/mol. The van der Waals surface area contributed by atoms with Crippen molar-refractivity contribution in [2.75, 3.05) is 0 Å². The third-order valence-electron chi connectivity index (χ3n) is 4.43.